The normalized spacial score (nSPS) is 48.7. The largest absolute Gasteiger partial charge is 0.374 e. The third-order valence-corrected chi connectivity index (χ3v) is 7.13. The van der Waals surface area contributed by atoms with Gasteiger partial charge in [-0.3, -0.25) is 4.79 Å². The van der Waals surface area contributed by atoms with Crippen molar-refractivity contribution in [2.75, 3.05) is 25.0 Å². The lowest BCUT2D eigenvalue weighted by atomic mass is 9.44. The summed E-state index contributed by atoms with van der Waals surface area (Å²) in [6, 6.07) is 0. The molecular formula is C17H26BrNO2. The highest BCUT2D eigenvalue weighted by molar-refractivity contribution is 9.09. The molecule has 0 aromatic heterocycles. The van der Waals surface area contributed by atoms with Crippen LogP contribution in [0.4, 0.5) is 0 Å². The predicted octanol–water partition coefficient (Wildman–Crippen LogP) is 3.22. The van der Waals surface area contributed by atoms with Gasteiger partial charge in [0.1, 0.15) is 0 Å². The lowest BCUT2D eigenvalue weighted by Crippen LogP contribution is -2.59. The van der Waals surface area contributed by atoms with Crippen LogP contribution in [0.5, 0.6) is 0 Å². The second-order valence-electron chi connectivity index (χ2n) is 8.45. The van der Waals surface area contributed by atoms with Crippen LogP contribution in [0.1, 0.15) is 45.4 Å². The van der Waals surface area contributed by atoms with Gasteiger partial charge in [-0.1, -0.05) is 22.9 Å². The van der Waals surface area contributed by atoms with Crippen LogP contribution >= 0.6 is 15.9 Å². The summed E-state index contributed by atoms with van der Waals surface area (Å²) >= 11 is 3.50. The van der Waals surface area contributed by atoms with Gasteiger partial charge in [0.2, 0.25) is 5.91 Å². The molecule has 5 fully saturated rings. The summed E-state index contributed by atoms with van der Waals surface area (Å²) in [5.41, 5.74) is 0.424. The minimum Gasteiger partial charge on any atom is -0.374 e. The average Bonchev–Trinajstić information content (AvgIpc) is 2.44. The van der Waals surface area contributed by atoms with E-state index in [4.69, 9.17) is 4.74 Å². The molecule has 1 amide bonds. The Morgan fingerprint density at radius 1 is 1.29 bits per heavy atom. The molecule has 0 spiro atoms. The fourth-order valence-corrected chi connectivity index (χ4v) is 6.69. The number of hydrogen-bond donors (Lipinski definition) is 0. The first-order valence-corrected chi connectivity index (χ1v) is 9.61. The zero-order chi connectivity index (χ0) is 14.7. The molecule has 5 aliphatic rings. The molecule has 3 atom stereocenters. The quantitative estimate of drug-likeness (QED) is 0.711. The Labute approximate surface area is 135 Å². The number of nitrogens with zero attached hydrogens (tertiary/aromatic N) is 1. The number of carbonyl (C=O) groups excluding carboxylic acids is 1. The number of morpholine rings is 1. The van der Waals surface area contributed by atoms with Crippen LogP contribution in [0, 0.1) is 22.7 Å². The van der Waals surface area contributed by atoms with Crippen molar-refractivity contribution < 1.29 is 9.53 Å². The van der Waals surface area contributed by atoms with Crippen molar-refractivity contribution in [2.24, 2.45) is 22.7 Å². The molecule has 1 heterocycles. The van der Waals surface area contributed by atoms with Gasteiger partial charge in [0, 0.05) is 18.4 Å². The van der Waals surface area contributed by atoms with Crippen LogP contribution in [0.3, 0.4) is 0 Å². The lowest BCUT2D eigenvalue weighted by Gasteiger charge is -2.61. The average molecular weight is 356 g/mol. The van der Waals surface area contributed by atoms with E-state index < -0.39 is 0 Å². The molecule has 21 heavy (non-hydrogen) atoms. The van der Waals surface area contributed by atoms with Gasteiger partial charge < -0.3 is 9.64 Å². The van der Waals surface area contributed by atoms with Crippen LogP contribution in [0.15, 0.2) is 0 Å². The highest BCUT2D eigenvalue weighted by Crippen LogP contribution is 2.65. The first-order valence-electron chi connectivity index (χ1n) is 8.49. The Morgan fingerprint density at radius 2 is 2.00 bits per heavy atom. The summed E-state index contributed by atoms with van der Waals surface area (Å²) in [6.45, 7) is 4.70. The maximum Gasteiger partial charge on any atom is 0.228 e. The SMILES string of the molecule is CC12CC3CC(C1)CC(C(=O)N1CCOC(CBr)C1)(C3)C2. The number of hydrogen-bond acceptors (Lipinski definition) is 2. The standard InChI is InChI=1S/C17H26BrNO2/c1-16-5-12-4-13(6-16)8-17(7-12,11-16)15(20)19-2-3-21-14(9-18)10-19/h12-14H,2-11H2,1H3. The number of rotatable bonds is 2. The summed E-state index contributed by atoms with van der Waals surface area (Å²) in [6.07, 6.45) is 7.76. The molecule has 3 nitrogen and oxygen atoms in total. The van der Waals surface area contributed by atoms with Gasteiger partial charge in [-0.15, -0.1) is 0 Å². The third kappa shape index (κ3) is 2.37. The van der Waals surface area contributed by atoms with Crippen LogP contribution in [0.2, 0.25) is 0 Å². The summed E-state index contributed by atoms with van der Waals surface area (Å²) in [5.74, 6) is 2.08. The molecule has 0 aromatic carbocycles. The number of amides is 1. The summed E-state index contributed by atoms with van der Waals surface area (Å²) < 4.78 is 5.71. The van der Waals surface area contributed by atoms with Crippen molar-refractivity contribution in [1.29, 1.82) is 0 Å². The summed E-state index contributed by atoms with van der Waals surface area (Å²) in [4.78, 5) is 15.4. The monoisotopic (exact) mass is 355 g/mol. The van der Waals surface area contributed by atoms with E-state index in [2.05, 4.69) is 27.8 Å². The van der Waals surface area contributed by atoms with E-state index in [1.54, 1.807) is 0 Å². The van der Waals surface area contributed by atoms with E-state index in [1.165, 1.54) is 19.3 Å². The molecule has 4 bridgehead atoms. The van der Waals surface area contributed by atoms with Crippen LogP contribution < -0.4 is 0 Å². The van der Waals surface area contributed by atoms with Crippen molar-refractivity contribution in [3.05, 3.63) is 0 Å². The minimum absolute atomic E-state index is 0.0208. The second-order valence-corrected chi connectivity index (χ2v) is 9.10. The summed E-state index contributed by atoms with van der Waals surface area (Å²) in [7, 11) is 0. The summed E-state index contributed by atoms with van der Waals surface area (Å²) in [5, 5.41) is 0.826. The zero-order valence-corrected chi connectivity index (χ0v) is 14.5. The maximum absolute atomic E-state index is 13.3. The minimum atomic E-state index is -0.0208. The molecule has 4 aliphatic carbocycles. The molecule has 1 saturated heterocycles. The van der Waals surface area contributed by atoms with Gasteiger partial charge in [-0.25, -0.2) is 0 Å². The van der Waals surface area contributed by atoms with Crippen molar-refractivity contribution in [1.82, 2.24) is 4.90 Å². The number of ether oxygens (including phenoxy) is 1. The van der Waals surface area contributed by atoms with Crippen molar-refractivity contribution >= 4 is 21.8 Å². The molecular weight excluding hydrogens is 330 g/mol. The van der Waals surface area contributed by atoms with Gasteiger partial charge in [-0.2, -0.15) is 0 Å². The van der Waals surface area contributed by atoms with E-state index in [0.29, 0.717) is 17.9 Å². The van der Waals surface area contributed by atoms with Gasteiger partial charge in [-0.05, 0) is 55.8 Å². The molecule has 3 unspecified atom stereocenters. The maximum atomic E-state index is 13.3. The van der Waals surface area contributed by atoms with E-state index in [0.717, 1.165) is 49.5 Å². The Morgan fingerprint density at radius 3 is 2.62 bits per heavy atom. The highest BCUT2D eigenvalue weighted by atomic mass is 79.9. The Balaban J connectivity index is 1.56. The Kier molecular flexibility index (Phi) is 3.42. The molecule has 0 aromatic rings. The van der Waals surface area contributed by atoms with Crippen molar-refractivity contribution in [2.45, 2.75) is 51.6 Å². The van der Waals surface area contributed by atoms with E-state index in [-0.39, 0.29) is 11.5 Å². The fourth-order valence-electron chi connectivity index (χ4n) is 6.30. The fraction of sp³-hybridized carbons (Fsp3) is 0.941. The predicted molar refractivity (Wildman–Crippen MR) is 85.3 cm³/mol. The van der Waals surface area contributed by atoms with E-state index >= 15 is 0 Å². The van der Waals surface area contributed by atoms with Gasteiger partial charge in [0.25, 0.3) is 0 Å². The zero-order valence-electron chi connectivity index (χ0n) is 12.9. The number of carbonyl (C=O) groups is 1. The molecule has 118 valence electrons. The molecule has 1 aliphatic heterocycles. The molecule has 4 saturated carbocycles. The first-order chi connectivity index (χ1) is 10.0. The van der Waals surface area contributed by atoms with E-state index in [1.807, 2.05) is 0 Å². The highest BCUT2D eigenvalue weighted by Gasteiger charge is 2.59. The van der Waals surface area contributed by atoms with Gasteiger partial charge in [0.15, 0.2) is 0 Å². The number of halogens is 1. The second kappa shape index (κ2) is 4.95. The van der Waals surface area contributed by atoms with Crippen LogP contribution in [0.25, 0.3) is 0 Å². The van der Waals surface area contributed by atoms with Crippen LogP contribution in [-0.4, -0.2) is 41.9 Å². The smallest absolute Gasteiger partial charge is 0.228 e. The Hall–Kier alpha value is -0.0900. The molecule has 5 rings (SSSR count). The van der Waals surface area contributed by atoms with Gasteiger partial charge in [0.05, 0.1) is 18.1 Å². The molecule has 0 radical (unpaired) electrons. The topological polar surface area (TPSA) is 29.5 Å². The van der Waals surface area contributed by atoms with E-state index in [9.17, 15) is 4.79 Å². The van der Waals surface area contributed by atoms with Crippen molar-refractivity contribution in [3.63, 3.8) is 0 Å². The number of alkyl halides is 1. The lowest BCUT2D eigenvalue weighted by molar-refractivity contribution is -0.171. The Bertz CT molecular complexity index is 438. The first kappa shape index (κ1) is 14.5. The van der Waals surface area contributed by atoms with Crippen molar-refractivity contribution in [3.8, 4) is 0 Å². The van der Waals surface area contributed by atoms with Crippen LogP contribution in [-0.2, 0) is 9.53 Å². The van der Waals surface area contributed by atoms with Gasteiger partial charge >= 0.3 is 0 Å². The molecule has 4 heteroatoms. The third-order valence-electron chi connectivity index (χ3n) is 6.41. The molecule has 0 N–H and O–H groups in total.